The van der Waals surface area contributed by atoms with Gasteiger partial charge in [-0.25, -0.2) is 14.2 Å². The third-order valence-electron chi connectivity index (χ3n) is 3.90. The number of amides is 2. The van der Waals surface area contributed by atoms with E-state index in [2.05, 4.69) is 17.1 Å². The molecule has 2 aromatic carbocycles. The molecule has 2 aromatic rings. The number of hydrogen-bond acceptors (Lipinski definition) is 5. The molecule has 0 aromatic heterocycles. The standard InChI is InChI=1S/C19H15F2N3O3S/c1-2-7-24-17(26)10-28-19(24)23-22-18(27)14-8-11(3-6-16(14)25)13-5-4-12(20)9-15(13)21/h2-6,8-9,25H,1,7,10H2,(H,22,27)/b23-19-. The average molecular weight is 403 g/mol. The number of amidine groups is 1. The molecule has 0 spiro atoms. The lowest BCUT2D eigenvalue weighted by Crippen LogP contribution is -2.31. The van der Waals surface area contributed by atoms with Crippen molar-refractivity contribution in [1.82, 2.24) is 10.3 Å². The molecule has 2 amide bonds. The van der Waals surface area contributed by atoms with E-state index in [0.29, 0.717) is 5.17 Å². The number of rotatable bonds is 5. The smallest absolute Gasteiger partial charge is 0.275 e. The SMILES string of the molecule is C=CCN1C(=O)CS/C1=N\NC(=O)c1cc(-c2ccc(F)cc2F)ccc1O. The van der Waals surface area contributed by atoms with Crippen molar-refractivity contribution in [1.29, 1.82) is 0 Å². The van der Waals surface area contributed by atoms with Gasteiger partial charge in [-0.2, -0.15) is 0 Å². The van der Waals surface area contributed by atoms with E-state index in [4.69, 9.17) is 0 Å². The number of benzene rings is 2. The summed E-state index contributed by atoms with van der Waals surface area (Å²) in [4.78, 5) is 25.6. The topological polar surface area (TPSA) is 82.0 Å². The van der Waals surface area contributed by atoms with Crippen molar-refractivity contribution in [3.05, 3.63) is 66.3 Å². The zero-order valence-corrected chi connectivity index (χ0v) is 15.3. The van der Waals surface area contributed by atoms with Gasteiger partial charge in [-0.1, -0.05) is 23.9 Å². The minimum atomic E-state index is -0.793. The van der Waals surface area contributed by atoms with Crippen LogP contribution >= 0.6 is 11.8 Å². The van der Waals surface area contributed by atoms with E-state index in [-0.39, 0.29) is 40.6 Å². The number of carbonyl (C=O) groups is 2. The van der Waals surface area contributed by atoms with E-state index < -0.39 is 17.5 Å². The Kier molecular flexibility index (Phi) is 5.74. The van der Waals surface area contributed by atoms with Gasteiger partial charge in [0.2, 0.25) is 5.91 Å². The van der Waals surface area contributed by atoms with Gasteiger partial charge in [0.1, 0.15) is 17.4 Å². The number of aromatic hydroxyl groups is 1. The van der Waals surface area contributed by atoms with Gasteiger partial charge >= 0.3 is 0 Å². The summed E-state index contributed by atoms with van der Waals surface area (Å²) in [6, 6.07) is 6.99. The number of hydrogen-bond donors (Lipinski definition) is 2. The third kappa shape index (κ3) is 4.04. The van der Waals surface area contributed by atoms with Crippen LogP contribution in [0.1, 0.15) is 10.4 Å². The van der Waals surface area contributed by atoms with Gasteiger partial charge in [0.15, 0.2) is 5.17 Å². The first kappa shape index (κ1) is 19.6. The maximum absolute atomic E-state index is 14.0. The molecule has 1 heterocycles. The lowest BCUT2D eigenvalue weighted by Gasteiger charge is -2.13. The Morgan fingerprint density at radius 1 is 1.32 bits per heavy atom. The van der Waals surface area contributed by atoms with Gasteiger partial charge in [-0.15, -0.1) is 11.7 Å². The molecule has 6 nitrogen and oxygen atoms in total. The van der Waals surface area contributed by atoms with Gasteiger partial charge in [0.05, 0.1) is 11.3 Å². The first-order chi connectivity index (χ1) is 13.4. The highest BCUT2D eigenvalue weighted by molar-refractivity contribution is 8.15. The van der Waals surface area contributed by atoms with Gasteiger partial charge in [0.25, 0.3) is 5.91 Å². The van der Waals surface area contributed by atoms with Gasteiger partial charge in [0, 0.05) is 18.2 Å². The van der Waals surface area contributed by atoms with Crippen molar-refractivity contribution in [2.24, 2.45) is 5.10 Å². The second kappa shape index (κ2) is 8.22. The van der Waals surface area contributed by atoms with Crippen LogP contribution in [0.15, 0.2) is 54.2 Å². The Hall–Kier alpha value is -3.20. The van der Waals surface area contributed by atoms with Crippen molar-refractivity contribution in [3.8, 4) is 16.9 Å². The third-order valence-corrected chi connectivity index (χ3v) is 4.87. The van der Waals surface area contributed by atoms with Gasteiger partial charge in [-0.05, 0) is 29.8 Å². The lowest BCUT2D eigenvalue weighted by molar-refractivity contribution is -0.123. The normalized spacial score (nSPS) is 15.1. The molecule has 0 atom stereocenters. The molecule has 1 fully saturated rings. The second-order valence-corrected chi connectivity index (χ2v) is 6.72. The number of phenolic OH excluding ortho intramolecular Hbond substituents is 1. The van der Waals surface area contributed by atoms with Gasteiger partial charge in [-0.3, -0.25) is 14.5 Å². The summed E-state index contributed by atoms with van der Waals surface area (Å²) < 4.78 is 27.1. The van der Waals surface area contributed by atoms with Crippen LogP contribution in [-0.2, 0) is 4.79 Å². The highest BCUT2D eigenvalue weighted by atomic mass is 32.2. The van der Waals surface area contributed by atoms with Crippen molar-refractivity contribution in [2.45, 2.75) is 0 Å². The number of halogens is 2. The zero-order chi connectivity index (χ0) is 20.3. The molecule has 2 N–H and O–H groups in total. The Morgan fingerprint density at radius 3 is 2.82 bits per heavy atom. The number of nitrogens with one attached hydrogen (secondary N) is 1. The van der Waals surface area contributed by atoms with E-state index in [1.807, 2.05) is 0 Å². The summed E-state index contributed by atoms with van der Waals surface area (Å²) in [5, 5.41) is 14.2. The molecule has 1 aliphatic rings. The highest BCUT2D eigenvalue weighted by Gasteiger charge is 2.27. The molecule has 9 heteroatoms. The van der Waals surface area contributed by atoms with E-state index in [1.54, 1.807) is 0 Å². The summed E-state index contributed by atoms with van der Waals surface area (Å²) in [6.07, 6.45) is 1.54. The predicted octanol–water partition coefficient (Wildman–Crippen LogP) is 3.10. The zero-order valence-electron chi connectivity index (χ0n) is 14.5. The van der Waals surface area contributed by atoms with Crippen LogP contribution in [0.5, 0.6) is 5.75 Å². The summed E-state index contributed by atoms with van der Waals surface area (Å²) in [5.41, 5.74) is 2.50. The molecule has 3 rings (SSSR count). The molecule has 0 aliphatic carbocycles. The van der Waals surface area contributed by atoms with Crippen LogP contribution < -0.4 is 5.43 Å². The minimum Gasteiger partial charge on any atom is -0.507 e. The summed E-state index contributed by atoms with van der Waals surface area (Å²) in [7, 11) is 0. The fraction of sp³-hybridized carbons (Fsp3) is 0.105. The van der Waals surface area contributed by atoms with Crippen molar-refractivity contribution < 1.29 is 23.5 Å². The van der Waals surface area contributed by atoms with Crippen LogP contribution in [0.2, 0.25) is 0 Å². The van der Waals surface area contributed by atoms with E-state index in [1.165, 1.54) is 35.2 Å². The quantitative estimate of drug-likeness (QED) is 0.594. The van der Waals surface area contributed by atoms with Crippen LogP contribution in [0.4, 0.5) is 8.78 Å². The minimum absolute atomic E-state index is 0.0795. The van der Waals surface area contributed by atoms with E-state index in [0.717, 1.165) is 23.9 Å². The number of phenols is 1. The second-order valence-electron chi connectivity index (χ2n) is 5.77. The predicted molar refractivity (Wildman–Crippen MR) is 103 cm³/mol. The van der Waals surface area contributed by atoms with Crippen LogP contribution in [0.25, 0.3) is 11.1 Å². The van der Waals surface area contributed by atoms with Crippen LogP contribution in [0, 0.1) is 11.6 Å². The monoisotopic (exact) mass is 403 g/mol. The molecular formula is C19H15F2N3O3S. The van der Waals surface area contributed by atoms with Crippen LogP contribution in [-0.4, -0.2) is 39.3 Å². The number of carbonyl (C=O) groups excluding carboxylic acids is 2. The fourth-order valence-electron chi connectivity index (χ4n) is 2.56. The van der Waals surface area contributed by atoms with Crippen molar-refractivity contribution >= 4 is 28.7 Å². The molecule has 0 unspecified atom stereocenters. The summed E-state index contributed by atoms with van der Waals surface area (Å²) in [6.45, 7) is 3.82. The van der Waals surface area contributed by atoms with Crippen LogP contribution in [0.3, 0.4) is 0 Å². The van der Waals surface area contributed by atoms with Crippen molar-refractivity contribution in [3.63, 3.8) is 0 Å². The maximum atomic E-state index is 14.0. The lowest BCUT2D eigenvalue weighted by atomic mass is 10.0. The molecular weight excluding hydrogens is 388 g/mol. The molecule has 1 saturated heterocycles. The molecule has 1 aliphatic heterocycles. The number of thioether (sulfide) groups is 1. The molecule has 0 bridgehead atoms. The Morgan fingerprint density at radius 2 is 2.11 bits per heavy atom. The Labute approximate surface area is 163 Å². The summed E-state index contributed by atoms with van der Waals surface area (Å²) >= 11 is 1.16. The molecule has 144 valence electrons. The van der Waals surface area contributed by atoms with E-state index >= 15 is 0 Å². The van der Waals surface area contributed by atoms with Gasteiger partial charge < -0.3 is 5.11 Å². The fourth-order valence-corrected chi connectivity index (χ4v) is 3.41. The molecule has 0 saturated carbocycles. The van der Waals surface area contributed by atoms with E-state index in [9.17, 15) is 23.5 Å². The first-order valence-electron chi connectivity index (χ1n) is 8.11. The summed E-state index contributed by atoms with van der Waals surface area (Å²) in [5.74, 6) is -2.54. The number of hydrazone groups is 1. The molecule has 28 heavy (non-hydrogen) atoms. The van der Waals surface area contributed by atoms with Crippen molar-refractivity contribution in [2.75, 3.05) is 12.3 Å². The largest absolute Gasteiger partial charge is 0.507 e. The Balaban J connectivity index is 1.85. The maximum Gasteiger partial charge on any atom is 0.275 e. The number of nitrogens with zero attached hydrogens (tertiary/aromatic N) is 2. The highest BCUT2D eigenvalue weighted by Crippen LogP contribution is 2.28. The Bertz CT molecular complexity index is 994. The molecule has 0 radical (unpaired) electrons. The average Bonchev–Trinajstić information content (AvgIpc) is 3.01. The first-order valence-corrected chi connectivity index (χ1v) is 9.09.